The van der Waals surface area contributed by atoms with Crippen molar-refractivity contribution in [3.8, 4) is 5.75 Å². The van der Waals surface area contributed by atoms with Crippen molar-refractivity contribution in [2.45, 2.75) is 20.5 Å². The molecule has 0 aliphatic rings. The monoisotopic (exact) mass is 294 g/mol. The number of nitrogens with zero attached hydrogens (tertiary/aromatic N) is 1. The van der Waals surface area contributed by atoms with Crippen molar-refractivity contribution in [2.75, 3.05) is 0 Å². The summed E-state index contributed by atoms with van der Waals surface area (Å²) in [6, 6.07) is 10.0. The maximum absolute atomic E-state index is 8.81. The summed E-state index contributed by atoms with van der Waals surface area (Å²) in [5.41, 5.74) is 3.60. The lowest BCUT2D eigenvalue weighted by Crippen LogP contribution is -1.97. The number of hydrogen-bond acceptors (Lipinski definition) is 4. The zero-order chi connectivity index (χ0) is 15.0. The first kappa shape index (κ1) is 16.1. The molecule has 0 unspecified atom stereocenters. The van der Waals surface area contributed by atoms with Gasteiger partial charge >= 0.3 is 0 Å². The average Bonchev–Trinajstić information content (AvgIpc) is 2.41. The lowest BCUT2D eigenvalue weighted by Gasteiger charge is -2.10. The van der Waals surface area contributed by atoms with E-state index in [0.29, 0.717) is 6.61 Å². The molecule has 0 aliphatic carbocycles. The minimum absolute atomic E-state index is 0.590. The fourth-order valence-electron chi connectivity index (χ4n) is 1.52. The molecule has 20 heavy (non-hydrogen) atoms. The molecule has 0 spiro atoms. The molecule has 6 heteroatoms. The Morgan fingerprint density at radius 1 is 1.15 bits per heavy atom. The van der Waals surface area contributed by atoms with Crippen molar-refractivity contribution in [3.05, 3.63) is 59.4 Å². The molecule has 0 saturated heterocycles. The Kier molecular flexibility index (Phi) is 6.69. The molecule has 0 radical (unpaired) electrons. The second kappa shape index (κ2) is 8.29. The van der Waals surface area contributed by atoms with Gasteiger partial charge in [-0.3, -0.25) is 4.98 Å². The molecule has 0 aliphatic heterocycles. The number of nitrogens with two attached hydrogens (primary N) is 1. The van der Waals surface area contributed by atoms with Gasteiger partial charge in [-0.15, -0.1) is 0 Å². The van der Waals surface area contributed by atoms with E-state index in [1.807, 2.05) is 24.3 Å². The topological polar surface area (TPSA) is 82.3 Å². The van der Waals surface area contributed by atoms with Gasteiger partial charge in [0.25, 0.3) is 0 Å². The minimum atomic E-state index is -2.62. The van der Waals surface area contributed by atoms with Crippen LogP contribution in [-0.2, 0) is 17.5 Å². The third-order valence-corrected chi connectivity index (χ3v) is 2.70. The Labute approximate surface area is 120 Å². The quantitative estimate of drug-likeness (QED) is 0.845. The van der Waals surface area contributed by atoms with Crippen molar-refractivity contribution in [1.82, 2.24) is 4.98 Å². The number of pyridine rings is 1. The Bertz CT molecular complexity index is 605. The van der Waals surface area contributed by atoms with E-state index in [1.54, 1.807) is 12.4 Å². The molecule has 1 aromatic carbocycles. The first-order valence-corrected chi connectivity index (χ1v) is 7.22. The van der Waals surface area contributed by atoms with Crippen LogP contribution < -0.4 is 9.88 Å². The van der Waals surface area contributed by atoms with Gasteiger partial charge in [-0.05, 0) is 48.7 Å². The fraction of sp³-hybridized carbons (Fsp3) is 0.214. The highest BCUT2D eigenvalue weighted by molar-refractivity contribution is 7.69. The number of benzene rings is 1. The molecule has 108 valence electrons. The summed E-state index contributed by atoms with van der Waals surface area (Å²) in [7, 11) is -2.62. The molecule has 0 bridgehead atoms. The van der Waals surface area contributed by atoms with Crippen molar-refractivity contribution >= 4 is 10.9 Å². The van der Waals surface area contributed by atoms with E-state index in [2.05, 4.69) is 30.0 Å². The van der Waals surface area contributed by atoms with Crippen LogP contribution >= 0.6 is 0 Å². The van der Waals surface area contributed by atoms with Crippen LogP contribution in [0.25, 0.3) is 0 Å². The zero-order valence-corrected chi connectivity index (χ0v) is 12.3. The molecule has 2 rings (SSSR count). The van der Waals surface area contributed by atoms with Gasteiger partial charge in [0.2, 0.25) is 0 Å². The van der Waals surface area contributed by atoms with Gasteiger partial charge in [-0.25, -0.2) is 13.6 Å². The lowest BCUT2D eigenvalue weighted by molar-refractivity contribution is 0.303. The first-order chi connectivity index (χ1) is 9.50. The molecular weight excluding hydrogens is 276 g/mol. The van der Waals surface area contributed by atoms with Gasteiger partial charge in [0.1, 0.15) is 12.4 Å². The highest BCUT2D eigenvalue weighted by Crippen LogP contribution is 2.21. The third-order valence-electron chi connectivity index (χ3n) is 2.70. The Balaban J connectivity index is 0.000000444. The van der Waals surface area contributed by atoms with E-state index >= 15 is 0 Å². The van der Waals surface area contributed by atoms with E-state index in [-0.39, 0.29) is 0 Å². The van der Waals surface area contributed by atoms with Crippen molar-refractivity contribution in [1.29, 1.82) is 0 Å². The van der Waals surface area contributed by atoms with Gasteiger partial charge < -0.3 is 4.74 Å². The number of rotatable bonds is 3. The number of ether oxygens (including phenoxy) is 1. The SMILES string of the molecule is Cc1cccc(OCc2ccncc2)c1C.N[SH](=O)=O. The highest BCUT2D eigenvalue weighted by atomic mass is 32.2. The lowest BCUT2D eigenvalue weighted by atomic mass is 10.1. The Morgan fingerprint density at radius 2 is 1.75 bits per heavy atom. The third kappa shape index (κ3) is 5.81. The fourth-order valence-corrected chi connectivity index (χ4v) is 1.52. The van der Waals surface area contributed by atoms with Gasteiger partial charge in [0, 0.05) is 12.4 Å². The number of aromatic nitrogens is 1. The summed E-state index contributed by atoms with van der Waals surface area (Å²) >= 11 is 0. The minimum Gasteiger partial charge on any atom is -0.489 e. The maximum Gasteiger partial charge on any atom is 0.198 e. The van der Waals surface area contributed by atoms with Crippen LogP contribution in [0.4, 0.5) is 0 Å². The second-order valence-corrected chi connectivity index (χ2v) is 4.70. The first-order valence-electron chi connectivity index (χ1n) is 5.97. The van der Waals surface area contributed by atoms with Gasteiger partial charge in [-0.2, -0.15) is 0 Å². The normalized spacial score (nSPS) is 9.80. The van der Waals surface area contributed by atoms with Crippen molar-refractivity contribution < 1.29 is 13.2 Å². The van der Waals surface area contributed by atoms with Gasteiger partial charge in [0.15, 0.2) is 10.9 Å². The van der Waals surface area contributed by atoms with Crippen LogP contribution in [0, 0.1) is 13.8 Å². The molecule has 1 aromatic heterocycles. The molecule has 0 amide bonds. The van der Waals surface area contributed by atoms with Crippen molar-refractivity contribution in [2.24, 2.45) is 5.14 Å². The summed E-state index contributed by atoms with van der Waals surface area (Å²) in [5, 5.41) is 4.06. The second-order valence-electron chi connectivity index (χ2n) is 4.13. The molecule has 0 fully saturated rings. The predicted octanol–water partition coefficient (Wildman–Crippen LogP) is 1.75. The summed E-state index contributed by atoms with van der Waals surface area (Å²) in [5.74, 6) is 0.955. The molecule has 2 aromatic rings. The average molecular weight is 294 g/mol. The van der Waals surface area contributed by atoms with E-state index in [9.17, 15) is 0 Å². The summed E-state index contributed by atoms with van der Waals surface area (Å²) in [6.45, 7) is 4.76. The smallest absolute Gasteiger partial charge is 0.198 e. The maximum atomic E-state index is 8.81. The van der Waals surface area contributed by atoms with Gasteiger partial charge in [0.05, 0.1) is 0 Å². The van der Waals surface area contributed by atoms with Gasteiger partial charge in [-0.1, -0.05) is 12.1 Å². The van der Waals surface area contributed by atoms with E-state index < -0.39 is 10.9 Å². The van der Waals surface area contributed by atoms with Crippen LogP contribution in [0.2, 0.25) is 0 Å². The highest BCUT2D eigenvalue weighted by Gasteiger charge is 2.01. The van der Waals surface area contributed by atoms with E-state index in [4.69, 9.17) is 13.2 Å². The van der Waals surface area contributed by atoms with E-state index in [0.717, 1.165) is 11.3 Å². The molecule has 1 heterocycles. The van der Waals surface area contributed by atoms with Crippen LogP contribution in [0.15, 0.2) is 42.7 Å². The van der Waals surface area contributed by atoms with Crippen LogP contribution in [0.3, 0.4) is 0 Å². The molecule has 0 atom stereocenters. The number of thiol groups is 1. The molecule has 0 saturated carbocycles. The van der Waals surface area contributed by atoms with Crippen molar-refractivity contribution in [3.63, 3.8) is 0 Å². The van der Waals surface area contributed by atoms with Crippen LogP contribution in [0.5, 0.6) is 5.75 Å². The Morgan fingerprint density at radius 3 is 2.35 bits per heavy atom. The number of hydrogen-bond donors (Lipinski definition) is 2. The summed E-state index contributed by atoms with van der Waals surface area (Å²) in [6.07, 6.45) is 3.56. The van der Waals surface area contributed by atoms with Crippen LogP contribution in [-0.4, -0.2) is 13.4 Å². The summed E-state index contributed by atoms with van der Waals surface area (Å²) in [4.78, 5) is 3.98. The largest absolute Gasteiger partial charge is 0.489 e. The molecular formula is C14H18N2O3S. The summed E-state index contributed by atoms with van der Waals surface area (Å²) < 4.78 is 23.4. The Hall–Kier alpha value is -1.92. The van der Waals surface area contributed by atoms with Crippen LogP contribution in [0.1, 0.15) is 16.7 Å². The molecule has 2 N–H and O–H groups in total. The molecule has 5 nitrogen and oxygen atoms in total. The standard InChI is InChI=1S/C14H15NO.H3NO2S/c1-11-4-3-5-14(12(11)2)16-10-13-6-8-15-9-7-13;1-4(2)3/h3-9H,10H2,1-2H3;4H,(H2,1,2,3). The predicted molar refractivity (Wildman–Crippen MR) is 79.0 cm³/mol. The van der Waals surface area contributed by atoms with E-state index in [1.165, 1.54) is 11.1 Å². The zero-order valence-electron chi connectivity index (χ0n) is 11.4. The number of aryl methyl sites for hydroxylation is 1.